The quantitative estimate of drug-likeness (QED) is 0.224. The van der Waals surface area contributed by atoms with Crippen LogP contribution >= 0.6 is 0 Å². The molecule has 3 heteroatoms. The van der Waals surface area contributed by atoms with Gasteiger partial charge in [-0.25, -0.2) is 4.99 Å². The fourth-order valence-corrected chi connectivity index (χ4v) is 5.73. The highest BCUT2D eigenvalue weighted by Crippen LogP contribution is 2.45. The maximum Gasteiger partial charge on any atom is 0.236 e. The molecule has 0 atom stereocenters. The molecule has 1 aliphatic heterocycles. The average Bonchev–Trinajstić information content (AvgIpc) is 3.18. The monoisotopic (exact) mass is 506 g/mol. The Balaban J connectivity index is 1.47. The number of ether oxygens (including phenoxy) is 1. The number of aliphatic imine (C=N–C) groups is 1. The van der Waals surface area contributed by atoms with Gasteiger partial charge in [-0.15, -0.1) is 0 Å². The van der Waals surface area contributed by atoms with Crippen LogP contribution in [0.25, 0.3) is 54.6 Å². The van der Waals surface area contributed by atoms with Gasteiger partial charge in [0, 0.05) is 11.8 Å². The third-order valence-corrected chi connectivity index (χ3v) is 8.47. The molecule has 0 saturated heterocycles. The summed E-state index contributed by atoms with van der Waals surface area (Å²) in [5.41, 5.74) is 4.86. The van der Waals surface area contributed by atoms with Crippen molar-refractivity contribution in [1.82, 2.24) is 4.98 Å². The second-order valence-electron chi connectivity index (χ2n) is 11.4. The van der Waals surface area contributed by atoms with Gasteiger partial charge in [-0.2, -0.15) is 0 Å². The first-order chi connectivity index (χ1) is 18.8. The number of hydrogen-bond acceptors (Lipinski definition) is 3. The first kappa shape index (κ1) is 23.6. The van der Waals surface area contributed by atoms with Gasteiger partial charge in [0.15, 0.2) is 0 Å². The Kier molecular flexibility index (Phi) is 5.15. The highest BCUT2D eigenvalue weighted by molar-refractivity contribution is 6.23. The zero-order valence-electron chi connectivity index (χ0n) is 22.7. The minimum absolute atomic E-state index is 0.313. The molecule has 2 heterocycles. The number of pyridine rings is 1. The van der Waals surface area contributed by atoms with Crippen LogP contribution in [0.1, 0.15) is 33.4 Å². The highest BCUT2D eigenvalue weighted by atomic mass is 16.5. The van der Waals surface area contributed by atoms with E-state index in [-0.39, 0.29) is 11.1 Å². The first-order valence-corrected chi connectivity index (χ1v) is 13.5. The molecule has 0 aliphatic carbocycles. The van der Waals surface area contributed by atoms with Gasteiger partial charge in [0.05, 0.1) is 5.54 Å². The molecule has 0 spiro atoms. The fraction of sp³-hybridized carbons (Fsp3) is 0.167. The standard InChI is InChI=1S/C36H30N2O/c1-35(2)36(3,4)39-34(38-35)31-21-20-24(22-37-31)32-27-15-7-9-17-29(27)33(30-18-10-8-16-28(30)32)26-19-11-13-23-12-5-6-14-25(23)26/h5-22H,1-4H3. The Labute approximate surface area is 228 Å². The predicted molar refractivity (Wildman–Crippen MR) is 163 cm³/mol. The summed E-state index contributed by atoms with van der Waals surface area (Å²) in [7, 11) is 0. The number of rotatable bonds is 3. The van der Waals surface area contributed by atoms with E-state index < -0.39 is 0 Å². The van der Waals surface area contributed by atoms with Crippen LogP contribution in [-0.4, -0.2) is 22.0 Å². The van der Waals surface area contributed by atoms with Gasteiger partial charge in [-0.3, -0.25) is 4.98 Å². The molecular weight excluding hydrogens is 476 g/mol. The third-order valence-electron chi connectivity index (χ3n) is 8.47. The molecule has 0 radical (unpaired) electrons. The van der Waals surface area contributed by atoms with Gasteiger partial charge in [0.1, 0.15) is 11.3 Å². The maximum absolute atomic E-state index is 6.22. The Bertz CT molecular complexity index is 1870. The summed E-state index contributed by atoms with van der Waals surface area (Å²) in [4.78, 5) is 9.70. The fourth-order valence-electron chi connectivity index (χ4n) is 5.73. The molecule has 3 nitrogen and oxygen atoms in total. The van der Waals surface area contributed by atoms with Crippen molar-refractivity contribution in [2.45, 2.75) is 38.8 Å². The molecule has 0 unspecified atom stereocenters. The molecule has 5 aromatic carbocycles. The van der Waals surface area contributed by atoms with Crippen LogP contribution < -0.4 is 0 Å². The predicted octanol–water partition coefficient (Wildman–Crippen LogP) is 9.21. The van der Waals surface area contributed by atoms with Gasteiger partial charge in [0.2, 0.25) is 5.90 Å². The van der Waals surface area contributed by atoms with Crippen molar-refractivity contribution in [2.24, 2.45) is 4.99 Å². The Morgan fingerprint density at radius 2 is 1.13 bits per heavy atom. The van der Waals surface area contributed by atoms with Crippen molar-refractivity contribution >= 4 is 38.2 Å². The Hall–Kier alpha value is -4.50. The van der Waals surface area contributed by atoms with Gasteiger partial charge < -0.3 is 4.74 Å². The lowest BCUT2D eigenvalue weighted by Crippen LogP contribution is -2.41. The zero-order valence-corrected chi connectivity index (χ0v) is 22.7. The lowest BCUT2D eigenvalue weighted by atomic mass is 9.85. The van der Waals surface area contributed by atoms with Crippen molar-refractivity contribution in [2.75, 3.05) is 0 Å². The van der Waals surface area contributed by atoms with Crippen molar-refractivity contribution < 1.29 is 4.74 Å². The van der Waals surface area contributed by atoms with E-state index in [0.717, 1.165) is 11.3 Å². The normalized spacial score (nSPS) is 15.9. The molecule has 7 rings (SSSR count). The van der Waals surface area contributed by atoms with Crippen LogP contribution in [0.15, 0.2) is 114 Å². The van der Waals surface area contributed by atoms with Crippen LogP contribution in [-0.2, 0) is 4.74 Å². The van der Waals surface area contributed by atoms with Crippen LogP contribution in [0.5, 0.6) is 0 Å². The van der Waals surface area contributed by atoms with Crippen LogP contribution in [0, 0.1) is 0 Å². The van der Waals surface area contributed by atoms with Crippen LogP contribution in [0.2, 0.25) is 0 Å². The van der Waals surface area contributed by atoms with E-state index in [1.807, 2.05) is 12.3 Å². The molecule has 0 bridgehead atoms. The molecule has 0 saturated carbocycles. The summed E-state index contributed by atoms with van der Waals surface area (Å²) in [6.45, 7) is 8.36. The van der Waals surface area contributed by atoms with Gasteiger partial charge in [-0.05, 0) is 82.8 Å². The summed E-state index contributed by atoms with van der Waals surface area (Å²) in [6.07, 6.45) is 1.96. The summed E-state index contributed by atoms with van der Waals surface area (Å²) >= 11 is 0. The van der Waals surface area contributed by atoms with Gasteiger partial charge in [-0.1, -0.05) is 97.1 Å². The van der Waals surface area contributed by atoms with Crippen molar-refractivity contribution in [3.63, 3.8) is 0 Å². The second kappa shape index (κ2) is 8.51. The number of hydrogen-bond donors (Lipinski definition) is 0. The number of benzene rings is 5. The SMILES string of the molecule is CC1(C)N=C(c2ccc(-c3c4ccccc4c(-c4cccc5ccccc45)c4ccccc34)cn2)OC1(C)C. The number of fused-ring (bicyclic) bond motifs is 3. The van der Waals surface area contributed by atoms with E-state index in [4.69, 9.17) is 14.7 Å². The summed E-state index contributed by atoms with van der Waals surface area (Å²) < 4.78 is 6.22. The Morgan fingerprint density at radius 1 is 0.564 bits per heavy atom. The zero-order chi connectivity index (χ0) is 26.8. The van der Waals surface area contributed by atoms with Crippen molar-refractivity contribution in [3.05, 3.63) is 115 Å². The molecule has 39 heavy (non-hydrogen) atoms. The first-order valence-electron chi connectivity index (χ1n) is 13.5. The lowest BCUT2D eigenvalue weighted by Gasteiger charge is -2.30. The van der Waals surface area contributed by atoms with Crippen LogP contribution in [0.4, 0.5) is 0 Å². The van der Waals surface area contributed by atoms with Gasteiger partial charge >= 0.3 is 0 Å². The molecule has 1 aromatic heterocycles. The molecule has 0 fully saturated rings. The van der Waals surface area contributed by atoms with Crippen molar-refractivity contribution in [3.8, 4) is 22.3 Å². The van der Waals surface area contributed by atoms with Crippen molar-refractivity contribution in [1.29, 1.82) is 0 Å². The smallest absolute Gasteiger partial charge is 0.236 e. The maximum atomic E-state index is 6.22. The molecule has 0 amide bonds. The van der Waals surface area contributed by atoms with E-state index >= 15 is 0 Å². The summed E-state index contributed by atoms with van der Waals surface area (Å²) in [6, 6.07) is 36.9. The largest absolute Gasteiger partial charge is 0.468 e. The summed E-state index contributed by atoms with van der Waals surface area (Å²) in [5.74, 6) is 0.609. The summed E-state index contributed by atoms with van der Waals surface area (Å²) in [5, 5.41) is 7.40. The number of nitrogens with zero attached hydrogens (tertiary/aromatic N) is 2. The van der Waals surface area contributed by atoms with E-state index in [9.17, 15) is 0 Å². The van der Waals surface area contributed by atoms with E-state index in [1.54, 1.807) is 0 Å². The van der Waals surface area contributed by atoms with E-state index in [0.29, 0.717) is 5.90 Å². The second-order valence-corrected chi connectivity index (χ2v) is 11.4. The van der Waals surface area contributed by atoms with Gasteiger partial charge in [0.25, 0.3) is 0 Å². The number of aromatic nitrogens is 1. The highest BCUT2D eigenvalue weighted by Gasteiger charge is 2.45. The average molecular weight is 507 g/mol. The third kappa shape index (κ3) is 3.64. The molecule has 6 aromatic rings. The van der Waals surface area contributed by atoms with Crippen LogP contribution in [0.3, 0.4) is 0 Å². The Morgan fingerprint density at radius 3 is 1.69 bits per heavy atom. The molecular formula is C36H30N2O. The molecule has 0 N–H and O–H groups in total. The van der Waals surface area contributed by atoms with E-state index in [1.165, 1.54) is 49.0 Å². The lowest BCUT2D eigenvalue weighted by molar-refractivity contribution is 0.0617. The molecule has 190 valence electrons. The minimum Gasteiger partial charge on any atom is -0.468 e. The topological polar surface area (TPSA) is 34.5 Å². The molecule has 1 aliphatic rings. The van der Waals surface area contributed by atoms with E-state index in [2.05, 4.69) is 125 Å². The minimum atomic E-state index is -0.382.